The van der Waals surface area contributed by atoms with Crippen molar-refractivity contribution in [3.63, 3.8) is 0 Å². The molecule has 3 N–H and O–H groups in total. The molecular formula is C20H26ClIN4O3. The summed E-state index contributed by atoms with van der Waals surface area (Å²) in [4.78, 5) is 16.3. The number of carbonyl (C=O) groups excluding carboxylic acids is 1. The predicted molar refractivity (Wildman–Crippen MR) is 127 cm³/mol. The monoisotopic (exact) mass is 532 g/mol. The summed E-state index contributed by atoms with van der Waals surface area (Å²) in [5.41, 5.74) is 1.48. The number of carbonyl (C=O) groups is 1. The third-order valence-corrected chi connectivity index (χ3v) is 4.28. The highest BCUT2D eigenvalue weighted by molar-refractivity contribution is 14.0. The standard InChI is InChI=1S/C20H25ClN4O3.HI/c1-22-20(25-13-14-8-9-17(27-2)18(12-14)28-3)24-11-10-23-19(26)15-6-4-5-7-16(15)21;/h4-9,12H,10-11,13H2,1-3H3,(H,23,26)(H2,22,24,25);1H. The molecule has 7 nitrogen and oxygen atoms in total. The van der Waals surface area contributed by atoms with Crippen molar-refractivity contribution in [1.82, 2.24) is 16.0 Å². The highest BCUT2D eigenvalue weighted by atomic mass is 127. The smallest absolute Gasteiger partial charge is 0.252 e. The van der Waals surface area contributed by atoms with E-state index in [1.54, 1.807) is 45.5 Å². The first-order valence-electron chi connectivity index (χ1n) is 8.77. The molecule has 0 radical (unpaired) electrons. The normalized spacial score (nSPS) is 10.6. The van der Waals surface area contributed by atoms with Crippen LogP contribution in [0.2, 0.25) is 5.02 Å². The quantitative estimate of drug-likeness (QED) is 0.211. The van der Waals surface area contributed by atoms with Crippen molar-refractivity contribution in [2.75, 3.05) is 34.4 Å². The van der Waals surface area contributed by atoms with Crippen molar-refractivity contribution < 1.29 is 14.3 Å². The van der Waals surface area contributed by atoms with E-state index >= 15 is 0 Å². The van der Waals surface area contributed by atoms with Gasteiger partial charge in [-0.2, -0.15) is 0 Å². The maximum absolute atomic E-state index is 12.1. The van der Waals surface area contributed by atoms with Crippen LogP contribution >= 0.6 is 35.6 Å². The molecule has 0 bridgehead atoms. The highest BCUT2D eigenvalue weighted by Gasteiger charge is 2.09. The molecule has 0 spiro atoms. The van der Waals surface area contributed by atoms with E-state index in [4.69, 9.17) is 21.1 Å². The maximum Gasteiger partial charge on any atom is 0.252 e. The summed E-state index contributed by atoms with van der Waals surface area (Å²) in [6, 6.07) is 12.7. The Labute approximate surface area is 193 Å². The summed E-state index contributed by atoms with van der Waals surface area (Å²) in [7, 11) is 4.89. The van der Waals surface area contributed by atoms with Gasteiger partial charge in [0.25, 0.3) is 5.91 Å². The van der Waals surface area contributed by atoms with Gasteiger partial charge in [-0.05, 0) is 29.8 Å². The summed E-state index contributed by atoms with van der Waals surface area (Å²) < 4.78 is 10.5. The lowest BCUT2D eigenvalue weighted by atomic mass is 10.2. The fraction of sp³-hybridized carbons (Fsp3) is 0.300. The van der Waals surface area contributed by atoms with Crippen molar-refractivity contribution >= 4 is 47.4 Å². The molecule has 29 heavy (non-hydrogen) atoms. The predicted octanol–water partition coefficient (Wildman–Crippen LogP) is 3.07. The van der Waals surface area contributed by atoms with Crippen molar-refractivity contribution in [1.29, 1.82) is 0 Å². The first-order chi connectivity index (χ1) is 13.6. The zero-order chi connectivity index (χ0) is 20.4. The van der Waals surface area contributed by atoms with Gasteiger partial charge in [-0.3, -0.25) is 9.79 Å². The molecule has 158 valence electrons. The van der Waals surface area contributed by atoms with E-state index in [2.05, 4.69) is 20.9 Å². The summed E-state index contributed by atoms with van der Waals surface area (Å²) in [5.74, 6) is 1.78. The summed E-state index contributed by atoms with van der Waals surface area (Å²) >= 11 is 6.02. The van der Waals surface area contributed by atoms with Crippen molar-refractivity contribution in [2.45, 2.75) is 6.54 Å². The maximum atomic E-state index is 12.1. The average molecular weight is 533 g/mol. The second-order valence-electron chi connectivity index (χ2n) is 5.78. The molecule has 0 unspecified atom stereocenters. The average Bonchev–Trinajstić information content (AvgIpc) is 2.73. The van der Waals surface area contributed by atoms with Gasteiger partial charge in [0, 0.05) is 26.7 Å². The molecule has 2 aromatic rings. The lowest BCUT2D eigenvalue weighted by Gasteiger charge is -2.14. The van der Waals surface area contributed by atoms with Crippen LogP contribution in [0.25, 0.3) is 0 Å². The number of nitrogens with zero attached hydrogens (tertiary/aromatic N) is 1. The van der Waals surface area contributed by atoms with E-state index in [9.17, 15) is 4.79 Å². The van der Waals surface area contributed by atoms with E-state index in [0.29, 0.717) is 47.7 Å². The van der Waals surface area contributed by atoms with Crippen LogP contribution < -0.4 is 25.4 Å². The molecule has 0 fully saturated rings. The Hall–Kier alpha value is -2.20. The number of halogens is 2. The van der Waals surface area contributed by atoms with Crippen LogP contribution in [0.5, 0.6) is 11.5 Å². The number of methoxy groups -OCH3 is 2. The van der Waals surface area contributed by atoms with Crippen LogP contribution in [-0.4, -0.2) is 46.2 Å². The molecular weight excluding hydrogens is 507 g/mol. The lowest BCUT2D eigenvalue weighted by molar-refractivity contribution is 0.0954. The largest absolute Gasteiger partial charge is 0.493 e. The molecule has 9 heteroatoms. The minimum absolute atomic E-state index is 0. The van der Waals surface area contributed by atoms with Gasteiger partial charge in [0.2, 0.25) is 0 Å². The number of hydrogen-bond acceptors (Lipinski definition) is 4. The number of ether oxygens (including phenoxy) is 2. The lowest BCUT2D eigenvalue weighted by Crippen LogP contribution is -2.41. The van der Waals surface area contributed by atoms with Gasteiger partial charge in [-0.1, -0.05) is 29.8 Å². The van der Waals surface area contributed by atoms with E-state index < -0.39 is 0 Å². The molecule has 0 aliphatic rings. The number of benzene rings is 2. The Bertz CT molecular complexity index is 833. The number of nitrogens with one attached hydrogen (secondary N) is 3. The third kappa shape index (κ3) is 7.62. The summed E-state index contributed by atoms with van der Waals surface area (Å²) in [5, 5.41) is 9.61. The van der Waals surface area contributed by atoms with Crippen LogP contribution in [-0.2, 0) is 6.54 Å². The Morgan fingerprint density at radius 1 is 1.00 bits per heavy atom. The molecule has 2 aromatic carbocycles. The molecule has 0 atom stereocenters. The summed E-state index contributed by atoms with van der Waals surface area (Å²) in [6.07, 6.45) is 0. The Kier molecular flexibility index (Phi) is 11.2. The molecule has 0 saturated carbocycles. The fourth-order valence-electron chi connectivity index (χ4n) is 2.49. The number of aliphatic imine (C=N–C) groups is 1. The topological polar surface area (TPSA) is 84.0 Å². The zero-order valence-corrected chi connectivity index (χ0v) is 19.7. The molecule has 0 aliphatic heterocycles. The van der Waals surface area contributed by atoms with Crippen LogP contribution in [0.1, 0.15) is 15.9 Å². The van der Waals surface area contributed by atoms with Gasteiger partial charge in [0.05, 0.1) is 24.8 Å². The molecule has 0 aliphatic carbocycles. The fourth-order valence-corrected chi connectivity index (χ4v) is 2.72. The third-order valence-electron chi connectivity index (χ3n) is 3.95. The van der Waals surface area contributed by atoms with Gasteiger partial charge < -0.3 is 25.4 Å². The molecule has 0 saturated heterocycles. The van der Waals surface area contributed by atoms with Gasteiger partial charge in [0.15, 0.2) is 17.5 Å². The van der Waals surface area contributed by atoms with Crippen LogP contribution in [0.3, 0.4) is 0 Å². The Morgan fingerprint density at radius 2 is 1.69 bits per heavy atom. The van der Waals surface area contributed by atoms with Crippen LogP contribution in [0, 0.1) is 0 Å². The van der Waals surface area contributed by atoms with Gasteiger partial charge in [0.1, 0.15) is 0 Å². The Morgan fingerprint density at radius 3 is 2.34 bits per heavy atom. The SMILES string of the molecule is CN=C(NCCNC(=O)c1ccccc1Cl)NCc1ccc(OC)c(OC)c1.I. The van der Waals surface area contributed by atoms with Crippen molar-refractivity contribution in [2.24, 2.45) is 4.99 Å². The van der Waals surface area contributed by atoms with Gasteiger partial charge in [-0.15, -0.1) is 24.0 Å². The molecule has 2 rings (SSSR count). The second-order valence-corrected chi connectivity index (χ2v) is 6.18. The number of guanidine groups is 1. The van der Waals surface area contributed by atoms with E-state index in [-0.39, 0.29) is 29.9 Å². The van der Waals surface area contributed by atoms with Crippen LogP contribution in [0.4, 0.5) is 0 Å². The van der Waals surface area contributed by atoms with Crippen molar-refractivity contribution in [3.05, 3.63) is 58.6 Å². The Balaban J connectivity index is 0.00000420. The van der Waals surface area contributed by atoms with E-state index in [0.717, 1.165) is 5.56 Å². The van der Waals surface area contributed by atoms with Gasteiger partial charge >= 0.3 is 0 Å². The van der Waals surface area contributed by atoms with E-state index in [1.807, 2.05) is 18.2 Å². The number of rotatable bonds is 8. The molecule has 1 amide bonds. The van der Waals surface area contributed by atoms with Crippen molar-refractivity contribution in [3.8, 4) is 11.5 Å². The second kappa shape index (κ2) is 13.1. The first kappa shape index (κ1) is 24.8. The minimum Gasteiger partial charge on any atom is -0.493 e. The minimum atomic E-state index is -0.208. The molecule has 0 aromatic heterocycles. The van der Waals surface area contributed by atoms with Crippen LogP contribution in [0.15, 0.2) is 47.5 Å². The van der Waals surface area contributed by atoms with E-state index in [1.165, 1.54) is 0 Å². The highest BCUT2D eigenvalue weighted by Crippen LogP contribution is 2.27. The van der Waals surface area contributed by atoms with Gasteiger partial charge in [-0.25, -0.2) is 0 Å². The number of hydrogen-bond donors (Lipinski definition) is 3. The first-order valence-corrected chi connectivity index (χ1v) is 9.15. The molecule has 0 heterocycles. The summed E-state index contributed by atoms with van der Waals surface area (Å²) in [6.45, 7) is 1.51. The number of amides is 1. The zero-order valence-electron chi connectivity index (χ0n) is 16.6.